The number of ketones is 1. The third-order valence-electron chi connectivity index (χ3n) is 7.65. The van der Waals surface area contributed by atoms with Gasteiger partial charge in [-0.2, -0.15) is 0 Å². The van der Waals surface area contributed by atoms with Gasteiger partial charge in [-0.05, 0) is 55.6 Å². The summed E-state index contributed by atoms with van der Waals surface area (Å²) >= 11 is 0. The smallest absolute Gasteiger partial charge is 0.143 e. The number of rotatable bonds is 7. The molecule has 2 aromatic carbocycles. The number of fused-ring (bicyclic) bond motifs is 1. The van der Waals surface area contributed by atoms with Crippen LogP contribution in [-0.2, 0) is 4.79 Å². The van der Waals surface area contributed by atoms with E-state index in [0.29, 0.717) is 12.0 Å². The summed E-state index contributed by atoms with van der Waals surface area (Å²) in [5.74, 6) is -0.211. The van der Waals surface area contributed by atoms with E-state index < -0.39 is 0 Å². The van der Waals surface area contributed by atoms with Crippen molar-refractivity contribution in [3.8, 4) is 0 Å². The highest BCUT2D eigenvalue weighted by molar-refractivity contribution is 5.92. The second-order valence-corrected chi connectivity index (χ2v) is 9.64. The van der Waals surface area contributed by atoms with Crippen LogP contribution in [0.3, 0.4) is 0 Å². The van der Waals surface area contributed by atoms with E-state index in [4.69, 9.17) is 0 Å². The highest BCUT2D eigenvalue weighted by atomic mass is 19.1. The van der Waals surface area contributed by atoms with Crippen LogP contribution in [0.15, 0.2) is 54.7 Å². The lowest BCUT2D eigenvalue weighted by atomic mass is 9.78. The number of piperazine rings is 1. The number of hydrogen-bond acceptors (Lipinski definition) is 3. The Labute approximate surface area is 195 Å². The van der Waals surface area contributed by atoms with Crippen LogP contribution in [-0.4, -0.2) is 48.4 Å². The number of carbonyl (C=O) groups excluding carboxylic acids is 1. The van der Waals surface area contributed by atoms with E-state index in [-0.39, 0.29) is 23.4 Å². The van der Waals surface area contributed by atoms with Crippen molar-refractivity contribution >= 4 is 22.4 Å². The summed E-state index contributed by atoms with van der Waals surface area (Å²) in [6.45, 7) is 4.68. The second-order valence-electron chi connectivity index (χ2n) is 9.64. The zero-order valence-electron chi connectivity index (χ0n) is 19.3. The number of aromatic nitrogens is 1. The van der Waals surface area contributed by atoms with Gasteiger partial charge in [0.2, 0.25) is 0 Å². The summed E-state index contributed by atoms with van der Waals surface area (Å²) < 4.78 is 14.7. The van der Waals surface area contributed by atoms with E-state index >= 15 is 0 Å². The Hall–Kier alpha value is -2.66. The second kappa shape index (κ2) is 10.1. The Morgan fingerprint density at radius 2 is 1.76 bits per heavy atom. The molecule has 3 aromatic rings. The summed E-state index contributed by atoms with van der Waals surface area (Å²) in [6.07, 6.45) is 8.09. The number of nitrogens with zero attached hydrogens (tertiary/aromatic N) is 2. The number of aromatic amines is 1. The quantitative estimate of drug-likeness (QED) is 0.501. The maximum atomic E-state index is 14.7. The van der Waals surface area contributed by atoms with Crippen LogP contribution in [0.4, 0.5) is 10.1 Å². The van der Waals surface area contributed by atoms with Crippen LogP contribution in [0.5, 0.6) is 0 Å². The number of Topliss-reactive ketones (excluding diaryl/α,β-unsaturated/α-hetero) is 1. The first-order valence-electron chi connectivity index (χ1n) is 12.5. The van der Waals surface area contributed by atoms with Crippen molar-refractivity contribution in [2.45, 2.75) is 44.4 Å². The molecule has 2 fully saturated rings. The van der Waals surface area contributed by atoms with E-state index in [1.807, 2.05) is 18.3 Å². The minimum atomic E-state index is -0.332. The minimum Gasteiger partial charge on any atom is -0.368 e. The molecule has 1 saturated heterocycles. The first kappa shape index (κ1) is 22.1. The largest absolute Gasteiger partial charge is 0.368 e. The zero-order chi connectivity index (χ0) is 22.6. The van der Waals surface area contributed by atoms with Gasteiger partial charge in [-0.1, -0.05) is 43.5 Å². The van der Waals surface area contributed by atoms with Gasteiger partial charge < -0.3 is 9.88 Å². The molecule has 0 radical (unpaired) electrons. The molecule has 0 bridgehead atoms. The molecule has 0 amide bonds. The lowest BCUT2D eigenvalue weighted by Gasteiger charge is -2.37. The molecule has 5 rings (SSSR count). The Morgan fingerprint density at radius 1 is 0.970 bits per heavy atom. The van der Waals surface area contributed by atoms with E-state index in [9.17, 15) is 9.18 Å². The van der Waals surface area contributed by atoms with Crippen LogP contribution in [0, 0.1) is 11.7 Å². The van der Waals surface area contributed by atoms with Gasteiger partial charge in [0.1, 0.15) is 11.6 Å². The summed E-state index contributed by atoms with van der Waals surface area (Å²) in [5, 5.41) is 1.27. The maximum Gasteiger partial charge on any atom is 0.143 e. The first-order chi connectivity index (χ1) is 16.2. The number of H-pyrrole nitrogens is 1. The van der Waals surface area contributed by atoms with Crippen molar-refractivity contribution in [1.82, 2.24) is 9.88 Å². The van der Waals surface area contributed by atoms with Crippen LogP contribution in [0.2, 0.25) is 0 Å². The maximum absolute atomic E-state index is 14.7. The Morgan fingerprint density at radius 3 is 2.55 bits per heavy atom. The molecule has 33 heavy (non-hydrogen) atoms. The highest BCUT2D eigenvalue weighted by Gasteiger charge is 2.31. The van der Waals surface area contributed by atoms with Gasteiger partial charge in [0, 0.05) is 60.8 Å². The van der Waals surface area contributed by atoms with E-state index in [2.05, 4.69) is 39.0 Å². The van der Waals surface area contributed by atoms with Crippen LogP contribution >= 0.6 is 0 Å². The number of halogens is 1. The molecule has 1 aliphatic heterocycles. The molecule has 1 aromatic heterocycles. The molecule has 1 atom stereocenters. The summed E-state index contributed by atoms with van der Waals surface area (Å²) in [5.41, 5.74) is 3.04. The van der Waals surface area contributed by atoms with Gasteiger partial charge in [0.15, 0.2) is 0 Å². The third-order valence-corrected chi connectivity index (χ3v) is 7.65. The Kier molecular flexibility index (Phi) is 6.77. The predicted molar refractivity (Wildman–Crippen MR) is 132 cm³/mol. The van der Waals surface area contributed by atoms with Gasteiger partial charge in [0.25, 0.3) is 0 Å². The molecule has 1 saturated carbocycles. The summed E-state index contributed by atoms with van der Waals surface area (Å²) in [7, 11) is 0. The molecule has 4 nitrogen and oxygen atoms in total. The van der Waals surface area contributed by atoms with Gasteiger partial charge in [-0.3, -0.25) is 9.69 Å². The van der Waals surface area contributed by atoms with Crippen LogP contribution < -0.4 is 4.90 Å². The average molecular weight is 448 g/mol. The van der Waals surface area contributed by atoms with Gasteiger partial charge in [-0.25, -0.2) is 4.39 Å². The molecule has 1 unspecified atom stereocenters. The lowest BCUT2D eigenvalue weighted by Crippen LogP contribution is -2.47. The van der Waals surface area contributed by atoms with E-state index in [0.717, 1.165) is 58.4 Å². The van der Waals surface area contributed by atoms with E-state index in [1.54, 1.807) is 6.07 Å². The number of nitrogens with one attached hydrogen (secondary N) is 1. The summed E-state index contributed by atoms with van der Waals surface area (Å²) in [6, 6.07) is 15.5. The number of hydrogen-bond donors (Lipinski definition) is 1. The number of benzene rings is 2. The molecule has 2 aliphatic rings. The van der Waals surface area contributed by atoms with Crippen molar-refractivity contribution in [2.75, 3.05) is 37.6 Å². The molecule has 1 aliphatic carbocycles. The van der Waals surface area contributed by atoms with Gasteiger partial charge in [0.05, 0.1) is 0 Å². The molecule has 1 N–H and O–H groups in total. The SMILES string of the molecule is O=C(C1CCCCC1)C(CCN1CCN(c2cccc3[nH]ccc23)CC1)c1ccccc1F. The van der Waals surface area contributed by atoms with Crippen molar-refractivity contribution in [1.29, 1.82) is 0 Å². The van der Waals surface area contributed by atoms with Crippen molar-refractivity contribution in [2.24, 2.45) is 5.92 Å². The average Bonchev–Trinajstić information content (AvgIpc) is 3.35. The Bertz CT molecular complexity index is 1080. The van der Waals surface area contributed by atoms with Crippen LogP contribution in [0.1, 0.15) is 50.0 Å². The fraction of sp³-hybridized carbons (Fsp3) is 0.464. The van der Waals surface area contributed by atoms with Crippen LogP contribution in [0.25, 0.3) is 10.9 Å². The Balaban J connectivity index is 1.24. The molecular weight excluding hydrogens is 413 g/mol. The number of carbonyl (C=O) groups is 1. The first-order valence-corrected chi connectivity index (χ1v) is 12.5. The minimum absolute atomic E-state index is 0.0991. The zero-order valence-corrected chi connectivity index (χ0v) is 19.3. The summed E-state index contributed by atoms with van der Waals surface area (Å²) in [4.78, 5) is 21.7. The molecule has 2 heterocycles. The van der Waals surface area contributed by atoms with E-state index in [1.165, 1.54) is 29.1 Å². The molecule has 5 heteroatoms. The van der Waals surface area contributed by atoms with Gasteiger partial charge in [-0.15, -0.1) is 0 Å². The van der Waals surface area contributed by atoms with Crippen molar-refractivity contribution in [3.63, 3.8) is 0 Å². The molecule has 174 valence electrons. The third kappa shape index (κ3) is 4.84. The highest BCUT2D eigenvalue weighted by Crippen LogP contribution is 2.33. The predicted octanol–water partition coefficient (Wildman–Crippen LogP) is 5.75. The van der Waals surface area contributed by atoms with Crippen molar-refractivity contribution < 1.29 is 9.18 Å². The van der Waals surface area contributed by atoms with Crippen molar-refractivity contribution in [3.05, 3.63) is 66.1 Å². The molecule has 0 spiro atoms. The monoisotopic (exact) mass is 447 g/mol. The topological polar surface area (TPSA) is 39.3 Å². The lowest BCUT2D eigenvalue weighted by molar-refractivity contribution is -0.125. The fourth-order valence-corrected chi connectivity index (χ4v) is 5.75. The molecular formula is C28H34FN3O. The van der Waals surface area contributed by atoms with Gasteiger partial charge >= 0.3 is 0 Å². The standard InChI is InChI=1S/C28H34FN3O/c29-25-10-5-4-9-22(25)23(28(33)21-7-2-1-3-8-21)14-16-31-17-19-32(20-18-31)27-12-6-11-26-24(27)13-15-30-26/h4-6,9-13,15,21,23,30H,1-3,7-8,14,16-20H2. The normalized spacial score (nSPS) is 19.1. The number of anilines is 1. The fourth-order valence-electron chi connectivity index (χ4n) is 5.75.